The molecule has 1 aliphatic rings. The molecule has 39 heavy (non-hydrogen) atoms. The first-order valence-electron chi connectivity index (χ1n) is 13.0. The van der Waals surface area contributed by atoms with E-state index in [2.05, 4.69) is 30.8 Å². The van der Waals surface area contributed by atoms with E-state index in [0.717, 1.165) is 43.4 Å². The van der Waals surface area contributed by atoms with Crippen molar-refractivity contribution in [2.24, 2.45) is 11.3 Å². The van der Waals surface area contributed by atoms with E-state index in [1.54, 1.807) is 29.2 Å². The predicted octanol–water partition coefficient (Wildman–Crippen LogP) is 6.04. The summed E-state index contributed by atoms with van der Waals surface area (Å²) in [4.78, 5) is 38.3. The molecule has 212 valence electrons. The van der Waals surface area contributed by atoms with Gasteiger partial charge in [-0.1, -0.05) is 32.9 Å². The van der Waals surface area contributed by atoms with E-state index in [1.807, 2.05) is 0 Å². The molecule has 0 bridgehead atoms. The number of benzene rings is 2. The van der Waals surface area contributed by atoms with Crippen LogP contribution in [0.3, 0.4) is 0 Å². The summed E-state index contributed by atoms with van der Waals surface area (Å²) in [6.07, 6.45) is -1.44. The zero-order chi connectivity index (χ0) is 28.8. The lowest BCUT2D eigenvalue weighted by Crippen LogP contribution is -2.43. The number of halogens is 3. The smallest absolute Gasteiger partial charge is 0.481 e. The Morgan fingerprint density at radius 3 is 2.00 bits per heavy atom. The van der Waals surface area contributed by atoms with Crippen LogP contribution in [0.4, 0.5) is 13.2 Å². The van der Waals surface area contributed by atoms with Crippen molar-refractivity contribution in [1.82, 2.24) is 10.2 Å². The highest BCUT2D eigenvalue weighted by Gasteiger charge is 2.34. The topological polar surface area (TPSA) is 95.9 Å². The van der Waals surface area contributed by atoms with Crippen LogP contribution < -0.4 is 10.1 Å². The van der Waals surface area contributed by atoms with Crippen molar-refractivity contribution in [3.63, 3.8) is 0 Å². The summed E-state index contributed by atoms with van der Waals surface area (Å²) in [5, 5.41) is 11.3. The quantitative estimate of drug-likeness (QED) is 0.399. The lowest BCUT2D eigenvalue weighted by atomic mass is 9.71. The maximum Gasteiger partial charge on any atom is 0.573 e. The fourth-order valence-corrected chi connectivity index (χ4v) is 4.93. The molecule has 0 radical (unpaired) electrons. The second-order valence-corrected chi connectivity index (χ2v) is 11.0. The maximum atomic E-state index is 13.6. The van der Waals surface area contributed by atoms with Gasteiger partial charge in [0.1, 0.15) is 5.75 Å². The van der Waals surface area contributed by atoms with E-state index >= 15 is 0 Å². The van der Waals surface area contributed by atoms with Gasteiger partial charge in [0, 0.05) is 30.3 Å². The Labute approximate surface area is 226 Å². The van der Waals surface area contributed by atoms with Crippen LogP contribution in [-0.2, 0) is 11.3 Å². The molecule has 2 aromatic rings. The molecule has 1 fully saturated rings. The summed E-state index contributed by atoms with van der Waals surface area (Å²) < 4.78 is 41.6. The second-order valence-electron chi connectivity index (χ2n) is 11.0. The summed E-state index contributed by atoms with van der Waals surface area (Å²) in [6, 6.07) is 11.6. The molecule has 3 rings (SSSR count). The Hall–Kier alpha value is -3.56. The number of carboxylic acid groups (broad SMARTS) is 1. The number of ether oxygens (including phenoxy) is 1. The van der Waals surface area contributed by atoms with Gasteiger partial charge in [-0.25, -0.2) is 0 Å². The normalized spacial score (nSPS) is 17.8. The van der Waals surface area contributed by atoms with Gasteiger partial charge in [0.15, 0.2) is 0 Å². The second kappa shape index (κ2) is 12.5. The lowest BCUT2D eigenvalue weighted by molar-refractivity contribution is -0.274. The number of aliphatic carboxylic acids is 1. The number of hydrogen-bond acceptors (Lipinski definition) is 4. The van der Waals surface area contributed by atoms with Crippen molar-refractivity contribution in [1.29, 1.82) is 0 Å². The number of rotatable bonds is 9. The minimum Gasteiger partial charge on any atom is -0.481 e. The minimum absolute atomic E-state index is 0.0161. The highest BCUT2D eigenvalue weighted by molar-refractivity contribution is 5.95. The maximum absolute atomic E-state index is 13.6. The molecule has 2 aromatic carbocycles. The van der Waals surface area contributed by atoms with Crippen molar-refractivity contribution >= 4 is 17.8 Å². The summed E-state index contributed by atoms with van der Waals surface area (Å²) >= 11 is 0. The molecule has 10 heteroatoms. The number of carbonyl (C=O) groups excluding carboxylic acids is 2. The summed E-state index contributed by atoms with van der Waals surface area (Å²) in [5.74, 6) is -1.55. The zero-order valence-electron chi connectivity index (χ0n) is 22.4. The van der Waals surface area contributed by atoms with E-state index in [0.29, 0.717) is 11.5 Å². The van der Waals surface area contributed by atoms with Crippen molar-refractivity contribution < 1.29 is 37.4 Å². The standard InChI is InChI=1S/C29H35F3N2O5/c1-28(2,3)22-10-12-23(13-11-22)34(27(38)21-8-14-24(15-9-21)39-29(30,31)32)18-19-4-6-20(7-5-19)26(37)33-17-16-25(35)36/h4-9,14-15,22-23H,10-13,16-18H2,1-3H3,(H,33,37)(H,35,36). The highest BCUT2D eigenvalue weighted by Crippen LogP contribution is 2.39. The molecule has 0 atom stereocenters. The fraction of sp³-hybridized carbons (Fsp3) is 0.483. The molecule has 0 aromatic heterocycles. The first-order chi connectivity index (χ1) is 18.2. The molecule has 0 unspecified atom stereocenters. The fourth-order valence-electron chi connectivity index (χ4n) is 4.93. The van der Waals surface area contributed by atoms with E-state index in [9.17, 15) is 27.6 Å². The number of nitrogens with one attached hydrogen (secondary N) is 1. The van der Waals surface area contributed by atoms with Gasteiger partial charge in [0.2, 0.25) is 0 Å². The number of carboxylic acids is 1. The third-order valence-corrected chi connectivity index (χ3v) is 7.15. The first kappa shape index (κ1) is 30.0. The van der Waals surface area contributed by atoms with Crippen LogP contribution in [0.15, 0.2) is 48.5 Å². The SMILES string of the molecule is CC(C)(C)C1CCC(N(Cc2ccc(C(=O)NCCC(=O)O)cc2)C(=O)c2ccc(OC(F)(F)F)cc2)CC1. The largest absolute Gasteiger partial charge is 0.573 e. The number of carbonyl (C=O) groups is 3. The highest BCUT2D eigenvalue weighted by atomic mass is 19.4. The molecular formula is C29H35F3N2O5. The van der Waals surface area contributed by atoms with Crippen LogP contribution >= 0.6 is 0 Å². The van der Waals surface area contributed by atoms with Crippen molar-refractivity contribution in [2.75, 3.05) is 6.54 Å². The van der Waals surface area contributed by atoms with E-state index < -0.39 is 24.0 Å². The number of hydrogen-bond donors (Lipinski definition) is 2. The molecule has 1 saturated carbocycles. The first-order valence-corrected chi connectivity index (χ1v) is 13.0. The summed E-state index contributed by atoms with van der Waals surface area (Å²) in [7, 11) is 0. The van der Waals surface area contributed by atoms with Crippen LogP contribution in [0.2, 0.25) is 0 Å². The summed E-state index contributed by atoms with van der Waals surface area (Å²) in [6.45, 7) is 6.92. The van der Waals surface area contributed by atoms with Gasteiger partial charge in [0.05, 0.1) is 6.42 Å². The molecule has 0 heterocycles. The molecule has 2 amide bonds. The molecule has 0 spiro atoms. The third kappa shape index (κ3) is 9.01. The molecule has 7 nitrogen and oxygen atoms in total. The molecule has 0 saturated heterocycles. The van der Waals surface area contributed by atoms with Crippen LogP contribution in [0.1, 0.15) is 79.2 Å². The Balaban J connectivity index is 1.77. The van der Waals surface area contributed by atoms with Gasteiger partial charge < -0.3 is 20.1 Å². The van der Waals surface area contributed by atoms with E-state index in [-0.39, 0.29) is 42.4 Å². The van der Waals surface area contributed by atoms with E-state index in [1.165, 1.54) is 12.1 Å². The van der Waals surface area contributed by atoms with Crippen LogP contribution in [0, 0.1) is 11.3 Å². The Bertz CT molecular complexity index is 1130. The predicted molar refractivity (Wildman–Crippen MR) is 139 cm³/mol. The Kier molecular flexibility index (Phi) is 9.63. The number of amides is 2. The average Bonchev–Trinajstić information content (AvgIpc) is 2.86. The third-order valence-electron chi connectivity index (χ3n) is 7.15. The molecule has 2 N–H and O–H groups in total. The molecule has 1 aliphatic carbocycles. The van der Waals surface area contributed by atoms with Gasteiger partial charge >= 0.3 is 12.3 Å². The van der Waals surface area contributed by atoms with Crippen LogP contribution in [0.5, 0.6) is 5.75 Å². The van der Waals surface area contributed by atoms with Crippen LogP contribution in [-0.4, -0.2) is 46.7 Å². The van der Waals surface area contributed by atoms with Crippen molar-refractivity contribution in [3.05, 3.63) is 65.2 Å². The number of nitrogens with zero attached hydrogens (tertiary/aromatic N) is 1. The lowest BCUT2D eigenvalue weighted by Gasteiger charge is -2.41. The monoisotopic (exact) mass is 548 g/mol. The van der Waals surface area contributed by atoms with Gasteiger partial charge in [-0.05, 0) is 79.0 Å². The van der Waals surface area contributed by atoms with Crippen molar-refractivity contribution in [2.45, 2.75) is 71.8 Å². The molecule has 0 aliphatic heterocycles. The van der Waals surface area contributed by atoms with Crippen LogP contribution in [0.25, 0.3) is 0 Å². The van der Waals surface area contributed by atoms with E-state index in [4.69, 9.17) is 5.11 Å². The van der Waals surface area contributed by atoms with Crippen molar-refractivity contribution in [3.8, 4) is 5.75 Å². The number of alkyl halides is 3. The Morgan fingerprint density at radius 1 is 0.923 bits per heavy atom. The zero-order valence-corrected chi connectivity index (χ0v) is 22.4. The van der Waals surface area contributed by atoms with Gasteiger partial charge in [-0.3, -0.25) is 14.4 Å². The van der Waals surface area contributed by atoms with Gasteiger partial charge in [-0.2, -0.15) is 0 Å². The van der Waals surface area contributed by atoms with Gasteiger partial charge in [0.25, 0.3) is 11.8 Å². The molecular weight excluding hydrogens is 513 g/mol. The average molecular weight is 549 g/mol. The Morgan fingerprint density at radius 2 is 1.49 bits per heavy atom. The minimum atomic E-state index is -4.82. The van der Waals surface area contributed by atoms with Gasteiger partial charge in [-0.15, -0.1) is 13.2 Å². The summed E-state index contributed by atoms with van der Waals surface area (Å²) in [5.41, 5.74) is 1.58.